The largest absolute Gasteiger partial charge is 0.401 e. The summed E-state index contributed by atoms with van der Waals surface area (Å²) in [6, 6.07) is -0.448. The minimum atomic E-state index is -4.20. The van der Waals surface area contributed by atoms with Gasteiger partial charge in [-0.3, -0.25) is 0 Å². The summed E-state index contributed by atoms with van der Waals surface area (Å²) in [7, 11) is 0. The van der Waals surface area contributed by atoms with Crippen LogP contribution in [0.25, 0.3) is 0 Å². The Morgan fingerprint density at radius 1 is 1.43 bits per heavy atom. The van der Waals surface area contributed by atoms with Crippen LogP contribution >= 0.6 is 11.8 Å². The lowest BCUT2D eigenvalue weighted by Gasteiger charge is -2.16. The van der Waals surface area contributed by atoms with E-state index in [2.05, 4.69) is 5.32 Å². The summed E-state index contributed by atoms with van der Waals surface area (Å²) in [5, 5.41) is 11.1. The van der Waals surface area contributed by atoms with Crippen LogP contribution < -0.4 is 5.32 Å². The molecule has 0 aliphatic rings. The highest BCUT2D eigenvalue weighted by molar-refractivity contribution is 7.99. The van der Waals surface area contributed by atoms with E-state index in [1.54, 1.807) is 11.8 Å². The maximum atomic E-state index is 11.8. The molecule has 0 heterocycles. The average molecular weight is 231 g/mol. The van der Waals surface area contributed by atoms with E-state index in [0.717, 1.165) is 11.5 Å². The average Bonchev–Trinajstić information content (AvgIpc) is 2.09. The molecule has 1 atom stereocenters. The second-order valence-corrected chi connectivity index (χ2v) is 4.26. The van der Waals surface area contributed by atoms with Crippen LogP contribution in [0.4, 0.5) is 13.2 Å². The van der Waals surface area contributed by atoms with Crippen molar-refractivity contribution >= 4 is 11.8 Å². The van der Waals surface area contributed by atoms with Crippen LogP contribution in [0.1, 0.15) is 13.3 Å². The van der Waals surface area contributed by atoms with Gasteiger partial charge in [0.15, 0.2) is 0 Å². The predicted molar refractivity (Wildman–Crippen MR) is 52.5 cm³/mol. The quantitative estimate of drug-likeness (QED) is 0.653. The van der Waals surface area contributed by atoms with E-state index in [4.69, 9.17) is 5.11 Å². The molecule has 0 spiro atoms. The zero-order chi connectivity index (χ0) is 11.0. The molecule has 2 nitrogen and oxygen atoms in total. The number of alkyl halides is 3. The van der Waals surface area contributed by atoms with Crippen molar-refractivity contribution in [3.05, 3.63) is 0 Å². The third-order valence-electron chi connectivity index (χ3n) is 1.63. The third-order valence-corrected chi connectivity index (χ3v) is 2.56. The minimum Gasteiger partial charge on any atom is -0.395 e. The number of hydrogen-bond acceptors (Lipinski definition) is 3. The molecule has 0 saturated carbocycles. The molecule has 2 N–H and O–H groups in total. The fraction of sp³-hybridized carbons (Fsp3) is 1.00. The molecular formula is C8H16F3NOS. The van der Waals surface area contributed by atoms with Crippen molar-refractivity contribution in [1.29, 1.82) is 0 Å². The van der Waals surface area contributed by atoms with Gasteiger partial charge in [-0.25, -0.2) is 0 Å². The fourth-order valence-corrected chi connectivity index (χ4v) is 1.63. The molecule has 0 bridgehead atoms. The molecular weight excluding hydrogens is 215 g/mol. The molecule has 0 aromatic carbocycles. The zero-order valence-electron chi connectivity index (χ0n) is 8.10. The van der Waals surface area contributed by atoms with Gasteiger partial charge in [0.1, 0.15) is 0 Å². The summed E-state index contributed by atoms with van der Waals surface area (Å²) in [5.41, 5.74) is 0. The van der Waals surface area contributed by atoms with Crippen LogP contribution in [-0.2, 0) is 0 Å². The van der Waals surface area contributed by atoms with Gasteiger partial charge >= 0.3 is 6.18 Å². The molecule has 0 fully saturated rings. The van der Waals surface area contributed by atoms with Crippen molar-refractivity contribution in [1.82, 2.24) is 5.32 Å². The SMILES string of the molecule is CCSCCC(CO)NCC(F)(F)F. The number of hydrogen-bond donors (Lipinski definition) is 2. The van der Waals surface area contributed by atoms with Crippen molar-refractivity contribution < 1.29 is 18.3 Å². The van der Waals surface area contributed by atoms with Gasteiger partial charge in [0.25, 0.3) is 0 Å². The summed E-state index contributed by atoms with van der Waals surface area (Å²) in [4.78, 5) is 0. The number of halogens is 3. The first-order chi connectivity index (χ1) is 6.49. The summed E-state index contributed by atoms with van der Waals surface area (Å²) in [5.74, 6) is 1.71. The lowest BCUT2D eigenvalue weighted by atomic mass is 10.2. The zero-order valence-corrected chi connectivity index (χ0v) is 8.92. The lowest BCUT2D eigenvalue weighted by Crippen LogP contribution is -2.39. The van der Waals surface area contributed by atoms with E-state index in [0.29, 0.717) is 6.42 Å². The van der Waals surface area contributed by atoms with E-state index in [9.17, 15) is 13.2 Å². The molecule has 0 amide bonds. The fourth-order valence-electron chi connectivity index (χ4n) is 0.888. The first kappa shape index (κ1) is 14.1. The predicted octanol–water partition coefficient (Wildman–Crippen LogP) is 1.64. The van der Waals surface area contributed by atoms with Crippen molar-refractivity contribution in [2.75, 3.05) is 24.7 Å². The first-order valence-electron chi connectivity index (χ1n) is 4.48. The molecule has 0 aliphatic carbocycles. The molecule has 0 aliphatic heterocycles. The minimum absolute atomic E-state index is 0.250. The van der Waals surface area contributed by atoms with Crippen molar-refractivity contribution in [3.8, 4) is 0 Å². The molecule has 1 unspecified atom stereocenters. The maximum absolute atomic E-state index is 11.8. The van der Waals surface area contributed by atoms with Crippen LogP contribution in [0.3, 0.4) is 0 Å². The number of aliphatic hydroxyl groups excluding tert-OH is 1. The number of aliphatic hydroxyl groups is 1. The highest BCUT2D eigenvalue weighted by Gasteiger charge is 2.27. The maximum Gasteiger partial charge on any atom is 0.401 e. The lowest BCUT2D eigenvalue weighted by molar-refractivity contribution is -0.126. The standard InChI is InChI=1S/C8H16F3NOS/c1-2-14-4-3-7(5-13)12-6-8(9,10)11/h7,12-13H,2-6H2,1H3. The summed E-state index contributed by atoms with van der Waals surface area (Å²) < 4.78 is 35.4. The number of nitrogens with one attached hydrogen (secondary N) is 1. The molecule has 0 rings (SSSR count). The van der Waals surface area contributed by atoms with E-state index in [-0.39, 0.29) is 6.61 Å². The van der Waals surface area contributed by atoms with Crippen molar-refractivity contribution in [2.24, 2.45) is 0 Å². The van der Waals surface area contributed by atoms with Crippen molar-refractivity contribution in [2.45, 2.75) is 25.6 Å². The van der Waals surface area contributed by atoms with E-state index < -0.39 is 18.8 Å². The second-order valence-electron chi connectivity index (χ2n) is 2.86. The van der Waals surface area contributed by atoms with Crippen LogP contribution in [0.5, 0.6) is 0 Å². The summed E-state index contributed by atoms with van der Waals surface area (Å²) in [6.45, 7) is 0.705. The van der Waals surface area contributed by atoms with Crippen LogP contribution in [0.15, 0.2) is 0 Å². The number of rotatable bonds is 7. The Bertz CT molecular complexity index is 143. The number of thioether (sulfide) groups is 1. The van der Waals surface area contributed by atoms with E-state index in [1.165, 1.54) is 0 Å². The highest BCUT2D eigenvalue weighted by Crippen LogP contribution is 2.13. The topological polar surface area (TPSA) is 32.3 Å². The summed E-state index contributed by atoms with van der Waals surface area (Å²) in [6.07, 6.45) is -3.64. The Morgan fingerprint density at radius 3 is 2.50 bits per heavy atom. The Kier molecular flexibility index (Phi) is 7.40. The molecule has 6 heteroatoms. The molecule has 0 aromatic rings. The molecule has 0 aromatic heterocycles. The Hall–Kier alpha value is 0.0600. The molecule has 86 valence electrons. The van der Waals surface area contributed by atoms with Gasteiger partial charge in [-0.15, -0.1) is 0 Å². The van der Waals surface area contributed by atoms with Crippen LogP contribution in [0, 0.1) is 0 Å². The Morgan fingerprint density at radius 2 is 2.07 bits per heavy atom. The second kappa shape index (κ2) is 7.36. The Labute approximate surface area is 86.3 Å². The van der Waals surface area contributed by atoms with Gasteiger partial charge in [0.2, 0.25) is 0 Å². The van der Waals surface area contributed by atoms with Crippen molar-refractivity contribution in [3.63, 3.8) is 0 Å². The van der Waals surface area contributed by atoms with E-state index >= 15 is 0 Å². The monoisotopic (exact) mass is 231 g/mol. The molecule has 0 saturated heterocycles. The van der Waals surface area contributed by atoms with Gasteiger partial charge in [-0.2, -0.15) is 24.9 Å². The van der Waals surface area contributed by atoms with Gasteiger partial charge in [-0.1, -0.05) is 6.92 Å². The summed E-state index contributed by atoms with van der Waals surface area (Å²) >= 11 is 1.65. The highest BCUT2D eigenvalue weighted by atomic mass is 32.2. The smallest absolute Gasteiger partial charge is 0.395 e. The van der Waals surface area contributed by atoms with Crippen LogP contribution in [-0.4, -0.2) is 42.0 Å². The van der Waals surface area contributed by atoms with Gasteiger partial charge in [0, 0.05) is 6.04 Å². The van der Waals surface area contributed by atoms with Gasteiger partial charge < -0.3 is 10.4 Å². The van der Waals surface area contributed by atoms with Gasteiger partial charge in [0.05, 0.1) is 13.2 Å². The molecule has 0 radical (unpaired) electrons. The Balaban J connectivity index is 3.58. The van der Waals surface area contributed by atoms with E-state index in [1.807, 2.05) is 6.92 Å². The molecule has 14 heavy (non-hydrogen) atoms. The third kappa shape index (κ3) is 8.65. The van der Waals surface area contributed by atoms with Gasteiger partial charge in [-0.05, 0) is 17.9 Å². The van der Waals surface area contributed by atoms with Crippen LogP contribution in [0.2, 0.25) is 0 Å². The normalized spacial score (nSPS) is 14.4. The first-order valence-corrected chi connectivity index (χ1v) is 5.63.